The molecule has 2 N–H and O–H groups in total. The number of aromatic nitrogens is 2. The van der Waals surface area contributed by atoms with E-state index in [-0.39, 0.29) is 11.8 Å². The van der Waals surface area contributed by atoms with E-state index in [9.17, 15) is 9.59 Å². The smallest absolute Gasteiger partial charge is 0.251 e. The van der Waals surface area contributed by atoms with Gasteiger partial charge in [0, 0.05) is 16.3 Å². The van der Waals surface area contributed by atoms with Crippen LogP contribution in [0, 0.1) is 0 Å². The average molecular weight is 433 g/mol. The number of hydrogen-bond acceptors (Lipinski definition) is 6. The molecule has 1 aromatic heterocycles. The molecule has 2 amide bonds. The van der Waals surface area contributed by atoms with Gasteiger partial charge in [0.15, 0.2) is 4.34 Å². The molecule has 144 valence electrons. The Hall–Kier alpha value is -2.42. The number of benzene rings is 2. The minimum Gasteiger partial charge on any atom is -0.341 e. The van der Waals surface area contributed by atoms with Gasteiger partial charge in [0.25, 0.3) is 5.91 Å². The molecule has 28 heavy (non-hydrogen) atoms. The van der Waals surface area contributed by atoms with Gasteiger partial charge in [0.2, 0.25) is 11.0 Å². The number of carbonyl (C=O) groups is 2. The Kier molecular flexibility index (Phi) is 7.02. The second-order valence-corrected chi connectivity index (χ2v) is 8.48. The van der Waals surface area contributed by atoms with E-state index in [0.29, 0.717) is 15.7 Å². The number of anilines is 1. The van der Waals surface area contributed by atoms with Crippen molar-refractivity contribution < 1.29 is 9.59 Å². The molecule has 1 atom stereocenters. The maximum Gasteiger partial charge on any atom is 0.251 e. The van der Waals surface area contributed by atoms with Crippen LogP contribution in [0.3, 0.4) is 0 Å². The SMILES string of the molecule is CC(NC(=O)c1ccc(Cl)cc1)C(=O)Nc1nnc(SCc2ccccc2)s1. The van der Waals surface area contributed by atoms with Gasteiger partial charge in [-0.2, -0.15) is 0 Å². The number of hydrogen-bond donors (Lipinski definition) is 2. The van der Waals surface area contributed by atoms with E-state index < -0.39 is 6.04 Å². The van der Waals surface area contributed by atoms with Crippen molar-refractivity contribution in [2.24, 2.45) is 0 Å². The number of nitrogens with zero attached hydrogens (tertiary/aromatic N) is 2. The first kappa shape index (κ1) is 20.3. The summed E-state index contributed by atoms with van der Waals surface area (Å²) in [4.78, 5) is 24.5. The van der Waals surface area contributed by atoms with Crippen LogP contribution in [-0.2, 0) is 10.5 Å². The number of amides is 2. The summed E-state index contributed by atoms with van der Waals surface area (Å²) in [6, 6.07) is 15.7. The predicted octanol–water partition coefficient (Wildman–Crippen LogP) is 4.24. The molecule has 0 aliphatic heterocycles. The Bertz CT molecular complexity index is 948. The highest BCUT2D eigenvalue weighted by atomic mass is 35.5. The minimum atomic E-state index is -0.729. The van der Waals surface area contributed by atoms with Gasteiger partial charge in [-0.3, -0.25) is 14.9 Å². The molecular formula is C19H17ClN4O2S2. The molecule has 9 heteroatoms. The summed E-state index contributed by atoms with van der Waals surface area (Å²) in [7, 11) is 0. The Morgan fingerprint density at radius 3 is 2.54 bits per heavy atom. The van der Waals surface area contributed by atoms with Crippen molar-refractivity contribution >= 4 is 51.6 Å². The first-order valence-electron chi connectivity index (χ1n) is 8.39. The first-order chi connectivity index (χ1) is 13.5. The number of thioether (sulfide) groups is 1. The number of rotatable bonds is 7. The third kappa shape index (κ3) is 5.79. The van der Waals surface area contributed by atoms with Crippen molar-refractivity contribution in [3.05, 3.63) is 70.7 Å². The van der Waals surface area contributed by atoms with Crippen molar-refractivity contribution in [2.45, 2.75) is 23.1 Å². The maximum atomic E-state index is 12.3. The van der Waals surface area contributed by atoms with Crippen LogP contribution >= 0.6 is 34.7 Å². The van der Waals surface area contributed by atoms with E-state index in [0.717, 1.165) is 10.1 Å². The summed E-state index contributed by atoms with van der Waals surface area (Å²) in [5.74, 6) is 0.0607. The summed E-state index contributed by atoms with van der Waals surface area (Å²) in [6.07, 6.45) is 0. The summed E-state index contributed by atoms with van der Waals surface area (Å²) in [5, 5.41) is 14.3. The Morgan fingerprint density at radius 1 is 1.11 bits per heavy atom. The van der Waals surface area contributed by atoms with Crippen molar-refractivity contribution in [1.82, 2.24) is 15.5 Å². The molecule has 0 fully saturated rings. The van der Waals surface area contributed by atoms with Gasteiger partial charge in [-0.15, -0.1) is 10.2 Å². The van der Waals surface area contributed by atoms with Gasteiger partial charge >= 0.3 is 0 Å². The van der Waals surface area contributed by atoms with Crippen LogP contribution in [0.5, 0.6) is 0 Å². The lowest BCUT2D eigenvalue weighted by Crippen LogP contribution is -2.41. The molecule has 3 aromatic rings. The lowest BCUT2D eigenvalue weighted by Gasteiger charge is -2.12. The monoisotopic (exact) mass is 432 g/mol. The second kappa shape index (κ2) is 9.68. The highest BCUT2D eigenvalue weighted by Crippen LogP contribution is 2.28. The molecule has 6 nitrogen and oxygen atoms in total. The highest BCUT2D eigenvalue weighted by Gasteiger charge is 2.18. The minimum absolute atomic E-state index is 0.351. The maximum absolute atomic E-state index is 12.3. The van der Waals surface area contributed by atoms with Crippen LogP contribution in [0.2, 0.25) is 5.02 Å². The molecule has 0 spiro atoms. The third-order valence-electron chi connectivity index (χ3n) is 3.69. The summed E-state index contributed by atoms with van der Waals surface area (Å²) in [5.41, 5.74) is 1.62. The van der Waals surface area contributed by atoms with Gasteiger partial charge in [-0.25, -0.2) is 0 Å². The van der Waals surface area contributed by atoms with E-state index >= 15 is 0 Å². The molecule has 3 rings (SSSR count). The zero-order chi connectivity index (χ0) is 19.9. The lowest BCUT2D eigenvalue weighted by atomic mass is 10.2. The quantitative estimate of drug-likeness (QED) is 0.431. The normalized spacial score (nSPS) is 11.6. The zero-order valence-electron chi connectivity index (χ0n) is 14.9. The standard InChI is InChI=1S/C19H17ClN4O2S2/c1-12(21-17(26)14-7-9-15(20)10-8-14)16(25)22-18-23-24-19(28-18)27-11-13-5-3-2-4-6-13/h2-10,12H,11H2,1H3,(H,21,26)(H,22,23,25). The van der Waals surface area contributed by atoms with Crippen LogP contribution < -0.4 is 10.6 Å². The largest absolute Gasteiger partial charge is 0.341 e. The van der Waals surface area contributed by atoms with Crippen LogP contribution in [-0.4, -0.2) is 28.1 Å². The van der Waals surface area contributed by atoms with Crippen molar-refractivity contribution in [1.29, 1.82) is 0 Å². The Labute approximate surface area is 175 Å². The molecule has 0 bridgehead atoms. The third-order valence-corrected chi connectivity index (χ3v) is 5.98. The fourth-order valence-corrected chi connectivity index (χ4v) is 4.04. The number of nitrogens with one attached hydrogen (secondary N) is 2. The van der Waals surface area contributed by atoms with Crippen LogP contribution in [0.15, 0.2) is 58.9 Å². The van der Waals surface area contributed by atoms with E-state index in [4.69, 9.17) is 11.6 Å². The summed E-state index contributed by atoms with van der Waals surface area (Å²) in [6.45, 7) is 1.61. The van der Waals surface area contributed by atoms with Crippen molar-refractivity contribution in [3.63, 3.8) is 0 Å². The Morgan fingerprint density at radius 2 is 1.82 bits per heavy atom. The topological polar surface area (TPSA) is 84.0 Å². The fourth-order valence-electron chi connectivity index (χ4n) is 2.20. The van der Waals surface area contributed by atoms with Gasteiger partial charge < -0.3 is 5.32 Å². The molecule has 1 heterocycles. The van der Waals surface area contributed by atoms with Crippen molar-refractivity contribution in [3.8, 4) is 0 Å². The molecule has 0 radical (unpaired) electrons. The van der Waals surface area contributed by atoms with Gasteiger partial charge in [-0.1, -0.05) is 65.0 Å². The van der Waals surface area contributed by atoms with Gasteiger partial charge in [0.05, 0.1) is 0 Å². The van der Waals surface area contributed by atoms with Crippen molar-refractivity contribution in [2.75, 3.05) is 5.32 Å². The summed E-state index contributed by atoms with van der Waals surface area (Å²) >= 11 is 8.66. The van der Waals surface area contributed by atoms with Gasteiger partial charge in [-0.05, 0) is 36.8 Å². The number of halogens is 1. The van der Waals surface area contributed by atoms with Gasteiger partial charge in [0.1, 0.15) is 6.04 Å². The van der Waals surface area contributed by atoms with Crippen LogP contribution in [0.4, 0.5) is 5.13 Å². The first-order valence-corrected chi connectivity index (χ1v) is 10.6. The lowest BCUT2D eigenvalue weighted by molar-refractivity contribution is -0.117. The van der Waals surface area contributed by atoms with E-state index in [2.05, 4.69) is 20.8 Å². The summed E-state index contributed by atoms with van der Waals surface area (Å²) < 4.78 is 0.761. The van der Waals surface area contributed by atoms with E-state index in [1.54, 1.807) is 43.0 Å². The number of carbonyl (C=O) groups excluding carboxylic acids is 2. The fraction of sp³-hybridized carbons (Fsp3) is 0.158. The molecule has 0 aliphatic carbocycles. The van der Waals surface area contributed by atoms with Crippen LogP contribution in [0.1, 0.15) is 22.8 Å². The highest BCUT2D eigenvalue weighted by molar-refractivity contribution is 8.00. The predicted molar refractivity (Wildman–Crippen MR) is 113 cm³/mol. The molecule has 2 aromatic carbocycles. The van der Waals surface area contributed by atoms with E-state index in [1.807, 2.05) is 30.3 Å². The molecule has 0 saturated heterocycles. The molecule has 0 saturated carbocycles. The molecule has 0 aliphatic rings. The zero-order valence-corrected chi connectivity index (χ0v) is 17.3. The molecule has 1 unspecified atom stereocenters. The van der Waals surface area contributed by atoms with Crippen LogP contribution in [0.25, 0.3) is 0 Å². The second-order valence-electron chi connectivity index (χ2n) is 5.84. The Balaban J connectivity index is 1.50. The average Bonchev–Trinajstić information content (AvgIpc) is 3.15. The van der Waals surface area contributed by atoms with E-state index in [1.165, 1.54) is 16.9 Å². The molecular weight excluding hydrogens is 416 g/mol.